The van der Waals surface area contributed by atoms with Crippen molar-refractivity contribution >= 4 is 17.7 Å². The first-order valence-electron chi connectivity index (χ1n) is 9.77. The molecule has 0 unspecified atom stereocenters. The summed E-state index contributed by atoms with van der Waals surface area (Å²) in [5.74, 6) is 0.678. The Kier molecular flexibility index (Phi) is 7.47. The van der Waals surface area contributed by atoms with Gasteiger partial charge in [0.15, 0.2) is 0 Å². The highest BCUT2D eigenvalue weighted by molar-refractivity contribution is 6.51. The molecule has 0 heterocycles. The Labute approximate surface area is 171 Å². The molecule has 0 radical (unpaired) electrons. The van der Waals surface area contributed by atoms with Crippen LogP contribution in [0.2, 0.25) is 0 Å². The Hall–Kier alpha value is -3.53. The van der Waals surface area contributed by atoms with Crippen LogP contribution in [0.5, 0.6) is 5.75 Å². The van der Waals surface area contributed by atoms with Gasteiger partial charge in [-0.05, 0) is 36.2 Å². The van der Waals surface area contributed by atoms with Gasteiger partial charge < -0.3 is 4.74 Å². The summed E-state index contributed by atoms with van der Waals surface area (Å²) in [6.45, 7) is 2.85. The van der Waals surface area contributed by atoms with Gasteiger partial charge in [-0.1, -0.05) is 74.0 Å². The van der Waals surface area contributed by atoms with Gasteiger partial charge in [0.2, 0.25) is 5.78 Å². The zero-order valence-corrected chi connectivity index (χ0v) is 16.5. The van der Waals surface area contributed by atoms with Crippen LogP contribution in [0.25, 0.3) is 0 Å². The topological polar surface area (TPSA) is 51.0 Å². The first-order chi connectivity index (χ1) is 14.3. The summed E-state index contributed by atoms with van der Waals surface area (Å²) < 4.78 is 5.67. The van der Waals surface area contributed by atoms with Crippen LogP contribution in [0.3, 0.4) is 0 Å². The Morgan fingerprint density at radius 2 is 1.48 bits per heavy atom. The maximum atomic E-state index is 12.9. The normalized spacial score (nSPS) is 11.6. The van der Waals surface area contributed by atoms with Gasteiger partial charge in [0.1, 0.15) is 11.5 Å². The highest BCUT2D eigenvalue weighted by Crippen LogP contribution is 2.12. The molecule has 0 saturated carbocycles. The predicted molar refractivity (Wildman–Crippen MR) is 118 cm³/mol. The van der Waals surface area contributed by atoms with Crippen molar-refractivity contribution in [3.05, 3.63) is 102 Å². The molecule has 0 aliphatic heterocycles. The molecular formula is C25H24N2O2. The van der Waals surface area contributed by atoms with Crippen molar-refractivity contribution in [2.24, 2.45) is 10.2 Å². The summed E-state index contributed by atoms with van der Waals surface area (Å²) in [7, 11) is 0. The number of ketones is 1. The number of benzene rings is 3. The average molecular weight is 384 g/mol. The van der Waals surface area contributed by atoms with Gasteiger partial charge in [-0.2, -0.15) is 5.10 Å². The number of Topliss-reactive ketones (excluding diaryl/α,β-unsaturated/α-hetero) is 1. The van der Waals surface area contributed by atoms with E-state index in [1.165, 1.54) is 0 Å². The number of carbonyl (C=O) groups excluding carboxylic acids is 1. The van der Waals surface area contributed by atoms with Gasteiger partial charge in [-0.3, -0.25) is 4.79 Å². The quantitative estimate of drug-likeness (QED) is 0.209. The molecule has 146 valence electrons. The van der Waals surface area contributed by atoms with Crippen LogP contribution in [0.1, 0.15) is 41.3 Å². The maximum absolute atomic E-state index is 12.9. The molecule has 0 aromatic heterocycles. The number of unbranched alkanes of at least 4 members (excludes halogenated alkanes) is 1. The minimum absolute atomic E-state index is 0.159. The zero-order chi connectivity index (χ0) is 20.3. The van der Waals surface area contributed by atoms with Crippen molar-refractivity contribution in [3.8, 4) is 5.75 Å². The summed E-state index contributed by atoms with van der Waals surface area (Å²) in [5, 5.41) is 8.43. The fourth-order valence-corrected chi connectivity index (χ4v) is 2.69. The Morgan fingerprint density at radius 1 is 0.862 bits per heavy atom. The van der Waals surface area contributed by atoms with E-state index in [4.69, 9.17) is 4.74 Å². The largest absolute Gasteiger partial charge is 0.494 e. The lowest BCUT2D eigenvalue weighted by atomic mass is 10.0. The minimum Gasteiger partial charge on any atom is -0.494 e. The summed E-state index contributed by atoms with van der Waals surface area (Å²) in [6, 6.07) is 26.1. The van der Waals surface area contributed by atoms with E-state index in [-0.39, 0.29) is 5.78 Å². The Balaban J connectivity index is 1.78. The molecular weight excluding hydrogens is 360 g/mol. The second-order valence-electron chi connectivity index (χ2n) is 6.53. The molecule has 0 aliphatic rings. The number of hydrogen-bond donors (Lipinski definition) is 0. The first-order valence-corrected chi connectivity index (χ1v) is 9.77. The van der Waals surface area contributed by atoms with Gasteiger partial charge in [0, 0.05) is 11.1 Å². The number of ether oxygens (including phenoxy) is 1. The molecule has 0 spiro atoms. The lowest BCUT2D eigenvalue weighted by molar-refractivity contribution is 0.106. The van der Waals surface area contributed by atoms with Gasteiger partial charge in [-0.15, -0.1) is 5.10 Å². The highest BCUT2D eigenvalue weighted by Gasteiger charge is 2.15. The van der Waals surface area contributed by atoms with Crippen molar-refractivity contribution in [2.45, 2.75) is 19.8 Å². The van der Waals surface area contributed by atoms with Crippen LogP contribution >= 0.6 is 0 Å². The molecule has 0 bridgehead atoms. The summed E-state index contributed by atoms with van der Waals surface area (Å²) >= 11 is 0. The lowest BCUT2D eigenvalue weighted by Gasteiger charge is -2.05. The number of hydrogen-bond acceptors (Lipinski definition) is 4. The smallest absolute Gasteiger partial charge is 0.213 e. The van der Waals surface area contributed by atoms with E-state index in [1.807, 2.05) is 72.8 Å². The standard InChI is InChI=1S/C25H24N2O2/c1-2-3-18-29-23-16-14-20(15-17-23)19-26-27-24(21-10-6-4-7-11-21)25(28)22-12-8-5-9-13-22/h4-17,19H,2-3,18H2,1H3/b26-19+,27-24+. The number of rotatable bonds is 9. The number of nitrogens with zero attached hydrogens (tertiary/aromatic N) is 2. The fourth-order valence-electron chi connectivity index (χ4n) is 2.69. The van der Waals surface area contributed by atoms with E-state index in [0.29, 0.717) is 11.3 Å². The molecule has 29 heavy (non-hydrogen) atoms. The van der Waals surface area contributed by atoms with E-state index in [9.17, 15) is 4.79 Å². The Bertz CT molecular complexity index is 963. The third kappa shape index (κ3) is 5.98. The highest BCUT2D eigenvalue weighted by atomic mass is 16.5. The zero-order valence-electron chi connectivity index (χ0n) is 16.5. The third-order valence-corrected chi connectivity index (χ3v) is 4.31. The van der Waals surface area contributed by atoms with Crippen molar-refractivity contribution in [2.75, 3.05) is 6.61 Å². The van der Waals surface area contributed by atoms with Crippen LogP contribution < -0.4 is 4.74 Å². The van der Waals surface area contributed by atoms with E-state index < -0.39 is 0 Å². The van der Waals surface area contributed by atoms with Crippen molar-refractivity contribution < 1.29 is 9.53 Å². The van der Waals surface area contributed by atoms with E-state index >= 15 is 0 Å². The van der Waals surface area contributed by atoms with Crippen LogP contribution in [-0.2, 0) is 0 Å². The molecule has 3 aromatic rings. The van der Waals surface area contributed by atoms with Crippen LogP contribution in [0, 0.1) is 0 Å². The molecule has 0 saturated heterocycles. The van der Waals surface area contributed by atoms with Crippen molar-refractivity contribution in [3.63, 3.8) is 0 Å². The van der Waals surface area contributed by atoms with Crippen LogP contribution in [0.15, 0.2) is 95.1 Å². The van der Waals surface area contributed by atoms with Crippen LogP contribution in [-0.4, -0.2) is 24.3 Å². The molecule has 4 heteroatoms. The van der Waals surface area contributed by atoms with Gasteiger partial charge in [0.05, 0.1) is 12.8 Å². The van der Waals surface area contributed by atoms with Gasteiger partial charge >= 0.3 is 0 Å². The summed E-state index contributed by atoms with van der Waals surface area (Å²) in [5.41, 5.74) is 2.51. The van der Waals surface area contributed by atoms with Crippen molar-refractivity contribution in [1.29, 1.82) is 0 Å². The number of carbonyl (C=O) groups is 1. The summed E-state index contributed by atoms with van der Waals surface area (Å²) in [6.07, 6.45) is 3.78. The SMILES string of the molecule is CCCCOc1ccc(/C=N/N=C(/C(=O)c2ccccc2)c2ccccc2)cc1. The molecule has 4 nitrogen and oxygen atoms in total. The summed E-state index contributed by atoms with van der Waals surface area (Å²) in [4.78, 5) is 12.9. The van der Waals surface area contributed by atoms with Crippen LogP contribution in [0.4, 0.5) is 0 Å². The first kappa shape index (κ1) is 20.2. The molecule has 0 fully saturated rings. The fraction of sp³-hybridized carbons (Fsp3) is 0.160. The molecule has 0 amide bonds. The van der Waals surface area contributed by atoms with E-state index in [1.54, 1.807) is 18.3 Å². The molecule has 3 rings (SSSR count). The Morgan fingerprint density at radius 3 is 2.10 bits per heavy atom. The second kappa shape index (κ2) is 10.7. The average Bonchev–Trinajstić information content (AvgIpc) is 2.79. The maximum Gasteiger partial charge on any atom is 0.213 e. The molecule has 0 aliphatic carbocycles. The second-order valence-corrected chi connectivity index (χ2v) is 6.53. The lowest BCUT2D eigenvalue weighted by Crippen LogP contribution is -2.15. The monoisotopic (exact) mass is 384 g/mol. The molecule has 0 N–H and O–H groups in total. The van der Waals surface area contributed by atoms with E-state index in [2.05, 4.69) is 17.1 Å². The minimum atomic E-state index is -0.159. The molecule has 3 aromatic carbocycles. The van der Waals surface area contributed by atoms with E-state index in [0.717, 1.165) is 36.3 Å². The van der Waals surface area contributed by atoms with Crippen molar-refractivity contribution in [1.82, 2.24) is 0 Å². The third-order valence-electron chi connectivity index (χ3n) is 4.31. The molecule has 0 atom stereocenters. The predicted octanol–water partition coefficient (Wildman–Crippen LogP) is 5.57. The van der Waals surface area contributed by atoms with Gasteiger partial charge in [-0.25, -0.2) is 0 Å². The van der Waals surface area contributed by atoms with Gasteiger partial charge in [0.25, 0.3) is 0 Å².